The van der Waals surface area contributed by atoms with E-state index in [1.54, 1.807) is 12.1 Å². The lowest BCUT2D eigenvalue weighted by Crippen LogP contribution is -2.63. The predicted octanol–water partition coefficient (Wildman–Crippen LogP) is 6.25. The van der Waals surface area contributed by atoms with Crippen molar-refractivity contribution < 1.29 is 37.3 Å². The van der Waals surface area contributed by atoms with E-state index in [0.29, 0.717) is 53.0 Å². The van der Waals surface area contributed by atoms with Gasteiger partial charge in [0.25, 0.3) is 0 Å². The van der Waals surface area contributed by atoms with Crippen molar-refractivity contribution in [2.24, 2.45) is 0 Å². The molecule has 288 valence electrons. The Bertz CT molecular complexity index is 2240. The monoisotopic (exact) mass is 754 g/mol. The summed E-state index contributed by atoms with van der Waals surface area (Å²) >= 11 is 0. The quantitative estimate of drug-likeness (QED) is 0.158. The van der Waals surface area contributed by atoms with Gasteiger partial charge in [-0.1, -0.05) is 18.1 Å². The molecule has 2 aromatic heterocycles. The largest absolute Gasteiger partial charge is 0.475 e. The molecule has 0 radical (unpaired) electrons. The summed E-state index contributed by atoms with van der Waals surface area (Å²) in [5.74, 6) is 3.01. The molecule has 2 bridgehead atoms. The van der Waals surface area contributed by atoms with Crippen molar-refractivity contribution in [3.8, 4) is 41.2 Å². The Morgan fingerprint density at radius 2 is 1.96 bits per heavy atom. The fourth-order valence-corrected chi connectivity index (χ4v) is 9.47. The van der Waals surface area contributed by atoms with E-state index < -0.39 is 23.1 Å². The number of carbonyl (C=O) groups excluding carboxylic acids is 1. The number of ether oxygens (including phenoxy) is 5. The SMILES string of the molecule is C#Cc1cccc2cc(OCOC)cc(-c3nc4c5c(nc(OC[C@@]67CCCN6C[C@H](F)C7)nc5c3F)N3C[C@@H]5CC[C@H]([C@H]3CO4)N5C(=O)OC(C)(C)C)c12. The maximum Gasteiger partial charge on any atom is 0.410 e. The third-order valence-electron chi connectivity index (χ3n) is 11.7. The van der Waals surface area contributed by atoms with Gasteiger partial charge in [0.15, 0.2) is 12.6 Å². The van der Waals surface area contributed by atoms with Crippen LogP contribution in [0.1, 0.15) is 58.4 Å². The van der Waals surface area contributed by atoms with Crippen LogP contribution in [0.4, 0.5) is 19.4 Å². The summed E-state index contributed by atoms with van der Waals surface area (Å²) in [7, 11) is 1.52. The van der Waals surface area contributed by atoms with Crippen molar-refractivity contribution in [1.82, 2.24) is 24.8 Å². The minimum absolute atomic E-state index is 0.0260. The molecule has 1 amide bonds. The van der Waals surface area contributed by atoms with Crippen molar-refractivity contribution in [3.63, 3.8) is 0 Å². The molecular formula is C41H44F2N6O6. The van der Waals surface area contributed by atoms with Crippen LogP contribution in [0.3, 0.4) is 0 Å². The molecule has 5 aliphatic rings. The summed E-state index contributed by atoms with van der Waals surface area (Å²) in [6, 6.07) is 8.18. The first-order chi connectivity index (χ1) is 26.5. The maximum atomic E-state index is 17.5. The molecule has 2 aromatic carbocycles. The molecule has 5 aliphatic heterocycles. The normalized spacial score (nSPS) is 25.7. The van der Waals surface area contributed by atoms with Gasteiger partial charge in [-0.2, -0.15) is 9.97 Å². The van der Waals surface area contributed by atoms with Crippen molar-refractivity contribution in [2.45, 2.75) is 88.3 Å². The standard InChI is InChI=1S/C41H44F2N6O6/c1-6-23-9-7-10-24-15-27(54-22-51-5)16-28(31(23)24)34-33(43)35-32-36(46-38(45-35)53-21-41-13-8-14-47(41)18-25(42)17-41)48-19-26-11-12-29(30(48)20-52-37(32)44-34)49(26)39(50)55-40(2,3)4/h1,7,9-10,15-16,25-26,29-30H,8,11-14,17-22H2,2-5H3/t25-,26+,29-,30-,41+/m1/s1. The van der Waals surface area contributed by atoms with Gasteiger partial charge < -0.3 is 28.6 Å². The first kappa shape index (κ1) is 35.7. The van der Waals surface area contributed by atoms with E-state index >= 15 is 4.39 Å². The Balaban J connectivity index is 1.20. The highest BCUT2D eigenvalue weighted by molar-refractivity contribution is 6.04. The second kappa shape index (κ2) is 13.3. The van der Waals surface area contributed by atoms with Crippen LogP contribution in [0.15, 0.2) is 30.3 Å². The molecule has 14 heteroatoms. The van der Waals surface area contributed by atoms with Gasteiger partial charge in [0, 0.05) is 43.1 Å². The van der Waals surface area contributed by atoms with Crippen molar-refractivity contribution in [1.29, 1.82) is 0 Å². The number of aromatic nitrogens is 3. The molecule has 0 unspecified atom stereocenters. The van der Waals surface area contributed by atoms with E-state index in [-0.39, 0.29) is 67.3 Å². The Morgan fingerprint density at radius 3 is 2.76 bits per heavy atom. The van der Waals surface area contributed by atoms with Gasteiger partial charge in [-0.05, 0) is 76.6 Å². The van der Waals surface area contributed by atoms with Gasteiger partial charge in [-0.15, -0.1) is 6.42 Å². The third kappa shape index (κ3) is 6.03. The Morgan fingerprint density at radius 1 is 1.11 bits per heavy atom. The summed E-state index contributed by atoms with van der Waals surface area (Å²) in [5, 5.41) is 1.63. The molecule has 4 saturated heterocycles. The van der Waals surface area contributed by atoms with Gasteiger partial charge in [-0.25, -0.2) is 18.6 Å². The summed E-state index contributed by atoms with van der Waals surface area (Å²) in [4.78, 5) is 34.2. The fraction of sp³-hybridized carbons (Fsp3) is 0.512. The maximum absolute atomic E-state index is 17.5. The summed E-state index contributed by atoms with van der Waals surface area (Å²) in [5.41, 5.74) is -0.287. The van der Waals surface area contributed by atoms with Crippen LogP contribution in [0, 0.1) is 18.2 Å². The van der Waals surface area contributed by atoms with E-state index in [4.69, 9.17) is 45.1 Å². The molecule has 0 saturated carbocycles. The predicted molar refractivity (Wildman–Crippen MR) is 201 cm³/mol. The van der Waals surface area contributed by atoms with E-state index in [2.05, 4.69) is 15.7 Å². The second-order valence-electron chi connectivity index (χ2n) is 16.3. The fourth-order valence-electron chi connectivity index (χ4n) is 9.47. The zero-order valence-electron chi connectivity index (χ0n) is 31.4. The second-order valence-corrected chi connectivity index (χ2v) is 16.3. The topological polar surface area (TPSA) is 112 Å². The number of rotatable bonds is 7. The van der Waals surface area contributed by atoms with Crippen molar-refractivity contribution >= 4 is 33.6 Å². The van der Waals surface area contributed by atoms with Crippen LogP contribution in [0.2, 0.25) is 0 Å². The average Bonchev–Trinajstić information content (AvgIpc) is 3.76. The molecule has 12 nitrogen and oxygen atoms in total. The Hall–Kier alpha value is -5.00. The summed E-state index contributed by atoms with van der Waals surface area (Å²) < 4.78 is 62.1. The first-order valence-corrected chi connectivity index (χ1v) is 19.0. The number of nitrogens with zero attached hydrogens (tertiary/aromatic N) is 6. The lowest BCUT2D eigenvalue weighted by atomic mass is 9.95. The van der Waals surface area contributed by atoms with E-state index in [1.807, 2.05) is 43.9 Å². The number of methoxy groups -OCH3 is 1. The van der Waals surface area contributed by atoms with Crippen molar-refractivity contribution in [2.75, 3.05) is 51.7 Å². The van der Waals surface area contributed by atoms with Gasteiger partial charge >= 0.3 is 12.1 Å². The molecule has 55 heavy (non-hydrogen) atoms. The number of piperazine rings is 1. The van der Waals surface area contributed by atoms with Crippen LogP contribution >= 0.6 is 0 Å². The molecule has 4 aromatic rings. The number of terminal acetylenes is 1. The smallest absolute Gasteiger partial charge is 0.410 e. The molecule has 4 fully saturated rings. The third-order valence-corrected chi connectivity index (χ3v) is 11.7. The van der Waals surface area contributed by atoms with E-state index in [0.717, 1.165) is 37.6 Å². The Kier molecular flexibility index (Phi) is 8.65. The van der Waals surface area contributed by atoms with Gasteiger partial charge in [0.1, 0.15) is 53.2 Å². The number of halogens is 2. The number of anilines is 1. The molecule has 5 atom stereocenters. The van der Waals surface area contributed by atoms with Crippen LogP contribution in [0.5, 0.6) is 17.6 Å². The number of amides is 1. The first-order valence-electron chi connectivity index (χ1n) is 19.0. The van der Waals surface area contributed by atoms with E-state index in [9.17, 15) is 9.18 Å². The highest BCUT2D eigenvalue weighted by Gasteiger charge is 2.52. The number of carbonyl (C=O) groups is 1. The number of fused-ring (bicyclic) bond motifs is 7. The van der Waals surface area contributed by atoms with Crippen LogP contribution in [-0.2, 0) is 9.47 Å². The van der Waals surface area contributed by atoms with Crippen LogP contribution in [-0.4, -0.2) is 113 Å². The molecule has 0 aliphatic carbocycles. The molecule has 0 spiro atoms. The summed E-state index contributed by atoms with van der Waals surface area (Å²) in [6.45, 7) is 7.40. The molecule has 7 heterocycles. The van der Waals surface area contributed by atoms with Crippen LogP contribution in [0.25, 0.3) is 32.9 Å². The molecular weight excluding hydrogens is 710 g/mol. The highest BCUT2D eigenvalue weighted by atomic mass is 19.1. The number of hydrogen-bond acceptors (Lipinski definition) is 11. The van der Waals surface area contributed by atoms with Crippen molar-refractivity contribution in [3.05, 3.63) is 41.7 Å². The van der Waals surface area contributed by atoms with Gasteiger partial charge in [0.05, 0.1) is 23.7 Å². The summed E-state index contributed by atoms with van der Waals surface area (Å²) in [6.07, 6.45) is 8.25. The zero-order valence-corrected chi connectivity index (χ0v) is 31.4. The number of benzene rings is 2. The Labute approximate surface area is 318 Å². The molecule has 9 rings (SSSR count). The minimum atomic E-state index is -0.944. The zero-order chi connectivity index (χ0) is 38.2. The highest BCUT2D eigenvalue weighted by Crippen LogP contribution is 2.47. The number of hydrogen-bond donors (Lipinski definition) is 0. The van der Waals surface area contributed by atoms with Crippen LogP contribution < -0.4 is 19.1 Å². The lowest BCUT2D eigenvalue weighted by molar-refractivity contribution is 0.00537. The lowest BCUT2D eigenvalue weighted by Gasteiger charge is -2.46. The van der Waals surface area contributed by atoms with Gasteiger partial charge in [-0.3, -0.25) is 9.80 Å². The minimum Gasteiger partial charge on any atom is -0.475 e. The van der Waals surface area contributed by atoms with E-state index in [1.165, 1.54) is 7.11 Å². The molecule has 0 N–H and O–H groups in total. The number of alkyl halides is 1. The number of pyridine rings is 1. The average molecular weight is 755 g/mol. The van der Waals surface area contributed by atoms with Gasteiger partial charge in [0.2, 0.25) is 5.88 Å².